The highest BCUT2D eigenvalue weighted by atomic mass is 32.2. The molecule has 3 rings (SSSR count). The van der Waals surface area contributed by atoms with Crippen molar-refractivity contribution in [3.8, 4) is 11.5 Å². The van der Waals surface area contributed by atoms with Crippen LogP contribution in [0.25, 0.3) is 0 Å². The maximum atomic E-state index is 12.6. The number of ether oxygens (including phenoxy) is 1. The van der Waals surface area contributed by atoms with Crippen molar-refractivity contribution < 1.29 is 14.6 Å². The van der Waals surface area contributed by atoms with E-state index in [1.54, 1.807) is 25.1 Å². The third-order valence-electron chi connectivity index (χ3n) is 4.61. The van der Waals surface area contributed by atoms with Crippen molar-refractivity contribution >= 4 is 28.4 Å². The normalized spacial score (nSPS) is 16.8. The number of anilines is 1. The van der Waals surface area contributed by atoms with Gasteiger partial charge in [-0.15, -0.1) is 0 Å². The van der Waals surface area contributed by atoms with Crippen molar-refractivity contribution in [3.05, 3.63) is 65.4 Å². The summed E-state index contributed by atoms with van der Waals surface area (Å²) < 4.78 is 5.52. The fourth-order valence-electron chi connectivity index (χ4n) is 3.38. The molecule has 5 nitrogen and oxygen atoms in total. The van der Waals surface area contributed by atoms with Crippen LogP contribution in [0.1, 0.15) is 32.4 Å². The summed E-state index contributed by atoms with van der Waals surface area (Å²) in [5.41, 5.74) is 3.26. The first-order valence-corrected chi connectivity index (χ1v) is 10.3. The fraction of sp³-hybridized carbons (Fsp3) is 0.273. The van der Waals surface area contributed by atoms with Crippen LogP contribution in [-0.2, 0) is 4.79 Å². The second-order valence-electron chi connectivity index (χ2n) is 6.40. The third-order valence-corrected chi connectivity index (χ3v) is 5.26. The van der Waals surface area contributed by atoms with Gasteiger partial charge in [0.2, 0.25) is 0 Å². The molecular formula is C22H24N2O3S. The average Bonchev–Trinajstić information content (AvgIpc) is 2.69. The summed E-state index contributed by atoms with van der Waals surface area (Å²) in [6.45, 7) is 5.82. The fourth-order valence-corrected chi connectivity index (χ4v) is 4.02. The molecule has 0 unspecified atom stereocenters. The summed E-state index contributed by atoms with van der Waals surface area (Å²) in [4.78, 5) is 19.5. The molecule has 146 valence electrons. The van der Waals surface area contributed by atoms with E-state index < -0.39 is 6.04 Å². The lowest BCUT2D eigenvalue weighted by atomic mass is 9.93. The van der Waals surface area contributed by atoms with E-state index in [1.165, 1.54) is 11.8 Å². The Labute approximate surface area is 169 Å². The highest BCUT2D eigenvalue weighted by Gasteiger charge is 2.32. The Hall–Kier alpha value is -2.73. The Morgan fingerprint density at radius 2 is 1.96 bits per heavy atom. The molecule has 0 fully saturated rings. The lowest BCUT2D eigenvalue weighted by Crippen LogP contribution is -2.34. The Bertz CT molecular complexity index is 938. The Balaban J connectivity index is 2.15. The first-order valence-electron chi connectivity index (χ1n) is 9.12. The molecule has 0 amide bonds. The minimum absolute atomic E-state index is 0.0293. The zero-order chi connectivity index (χ0) is 20.3. The van der Waals surface area contributed by atoms with E-state index in [0.717, 1.165) is 22.1 Å². The van der Waals surface area contributed by atoms with Crippen molar-refractivity contribution in [3.63, 3.8) is 0 Å². The number of carbonyl (C=O) groups excluding carboxylic acids is 1. The lowest BCUT2D eigenvalue weighted by Gasteiger charge is -2.34. The maximum Gasteiger partial charge on any atom is 0.168 e. The number of thioether (sulfide) groups is 1. The predicted molar refractivity (Wildman–Crippen MR) is 115 cm³/mol. The molecule has 0 aromatic heterocycles. The SMILES string of the molecule is CCOc1cc([C@H]2N=C(SC)N(c3ccccc3)C(C)=C2C(C)=O)ccc1O. The van der Waals surface area contributed by atoms with Crippen molar-refractivity contribution in [2.75, 3.05) is 17.8 Å². The van der Waals surface area contributed by atoms with Crippen LogP contribution in [0.2, 0.25) is 0 Å². The number of hydrogen-bond donors (Lipinski definition) is 1. The smallest absolute Gasteiger partial charge is 0.168 e. The van der Waals surface area contributed by atoms with Crippen molar-refractivity contribution in [2.24, 2.45) is 4.99 Å². The highest BCUT2D eigenvalue weighted by Crippen LogP contribution is 2.40. The Morgan fingerprint density at radius 3 is 2.57 bits per heavy atom. The first kappa shape index (κ1) is 20.0. The third kappa shape index (κ3) is 3.78. The number of phenols is 1. The number of hydrogen-bond acceptors (Lipinski definition) is 6. The number of aromatic hydroxyl groups is 1. The molecule has 0 bridgehead atoms. The number of phenolic OH excluding ortho intramolecular Hbond substituents is 1. The van der Waals surface area contributed by atoms with Crippen molar-refractivity contribution in [1.29, 1.82) is 0 Å². The van der Waals surface area contributed by atoms with Crippen LogP contribution in [0.15, 0.2) is 64.8 Å². The van der Waals surface area contributed by atoms with Gasteiger partial charge in [0.25, 0.3) is 0 Å². The van der Waals surface area contributed by atoms with E-state index in [0.29, 0.717) is 17.9 Å². The van der Waals surface area contributed by atoms with Gasteiger partial charge in [-0.25, -0.2) is 4.99 Å². The van der Waals surface area contributed by atoms with Crippen molar-refractivity contribution in [1.82, 2.24) is 0 Å². The summed E-state index contributed by atoms with van der Waals surface area (Å²) >= 11 is 1.53. The van der Waals surface area contributed by atoms with Crippen LogP contribution in [0, 0.1) is 0 Å². The Morgan fingerprint density at radius 1 is 1.25 bits per heavy atom. The summed E-state index contributed by atoms with van der Waals surface area (Å²) in [5.74, 6) is 0.441. The second kappa shape index (κ2) is 8.52. The van der Waals surface area contributed by atoms with Crippen LogP contribution in [0.3, 0.4) is 0 Å². The van der Waals surface area contributed by atoms with Crippen LogP contribution in [-0.4, -0.2) is 28.9 Å². The Kier molecular flexibility index (Phi) is 6.09. The molecule has 0 radical (unpaired) electrons. The predicted octanol–water partition coefficient (Wildman–Crippen LogP) is 4.93. The van der Waals surface area contributed by atoms with Gasteiger partial charge >= 0.3 is 0 Å². The number of benzene rings is 2. The topological polar surface area (TPSA) is 62.1 Å². The number of ketones is 1. The van der Waals surface area contributed by atoms with Crippen LogP contribution < -0.4 is 9.64 Å². The van der Waals surface area contributed by atoms with E-state index >= 15 is 0 Å². The summed E-state index contributed by atoms with van der Waals surface area (Å²) in [6.07, 6.45) is 1.97. The van der Waals surface area contributed by atoms with Gasteiger partial charge in [0.05, 0.1) is 6.61 Å². The zero-order valence-corrected chi connectivity index (χ0v) is 17.3. The lowest BCUT2D eigenvalue weighted by molar-refractivity contribution is -0.113. The van der Waals surface area contributed by atoms with Gasteiger partial charge < -0.3 is 9.84 Å². The minimum Gasteiger partial charge on any atom is -0.504 e. The second-order valence-corrected chi connectivity index (χ2v) is 7.18. The number of para-hydroxylation sites is 1. The first-order chi connectivity index (χ1) is 13.5. The molecule has 0 saturated heterocycles. The molecule has 0 aliphatic carbocycles. The largest absolute Gasteiger partial charge is 0.504 e. The van der Waals surface area contributed by atoms with Crippen LogP contribution >= 0.6 is 11.8 Å². The molecule has 0 spiro atoms. The number of rotatable bonds is 5. The molecule has 1 atom stereocenters. The van der Waals surface area contributed by atoms with Crippen LogP contribution in [0.5, 0.6) is 11.5 Å². The van der Waals surface area contributed by atoms with E-state index in [1.807, 2.05) is 55.3 Å². The van der Waals surface area contributed by atoms with Gasteiger partial charge in [0.15, 0.2) is 22.4 Å². The van der Waals surface area contributed by atoms with Gasteiger partial charge in [0.1, 0.15) is 6.04 Å². The standard InChI is InChI=1S/C22H24N2O3S/c1-5-27-19-13-16(11-12-18(19)26)21-20(15(3)25)14(2)24(22(23-21)28-4)17-9-7-6-8-10-17/h6-13,21,26H,5H2,1-4H3/t21-/m1/s1. The summed E-state index contributed by atoms with van der Waals surface area (Å²) in [5, 5.41) is 10.8. The molecule has 1 aliphatic heterocycles. The van der Waals surface area contributed by atoms with E-state index in [-0.39, 0.29) is 11.5 Å². The molecule has 1 aliphatic rings. The minimum atomic E-state index is -0.445. The number of amidine groups is 1. The molecule has 6 heteroatoms. The highest BCUT2D eigenvalue weighted by molar-refractivity contribution is 8.13. The number of aliphatic imine (C=N–C) groups is 1. The molecule has 1 heterocycles. The van der Waals surface area contributed by atoms with E-state index in [4.69, 9.17) is 9.73 Å². The van der Waals surface area contributed by atoms with Crippen molar-refractivity contribution in [2.45, 2.75) is 26.8 Å². The van der Waals surface area contributed by atoms with Gasteiger partial charge in [-0.3, -0.25) is 9.69 Å². The average molecular weight is 397 g/mol. The number of allylic oxidation sites excluding steroid dienone is 1. The van der Waals surface area contributed by atoms with Gasteiger partial charge in [-0.1, -0.05) is 36.0 Å². The van der Waals surface area contributed by atoms with Crippen LogP contribution in [0.4, 0.5) is 5.69 Å². The molecule has 1 N–H and O–H groups in total. The number of nitrogens with zero attached hydrogens (tertiary/aromatic N) is 2. The monoisotopic (exact) mass is 396 g/mol. The van der Waals surface area contributed by atoms with E-state index in [2.05, 4.69) is 0 Å². The van der Waals surface area contributed by atoms with Gasteiger partial charge in [0, 0.05) is 17.0 Å². The van der Waals surface area contributed by atoms with Gasteiger partial charge in [-0.05, 0) is 56.9 Å². The molecule has 28 heavy (non-hydrogen) atoms. The van der Waals surface area contributed by atoms with Gasteiger partial charge in [-0.2, -0.15) is 0 Å². The molecule has 2 aromatic carbocycles. The zero-order valence-electron chi connectivity index (χ0n) is 16.5. The molecule has 0 saturated carbocycles. The molecular weight excluding hydrogens is 372 g/mol. The summed E-state index contributed by atoms with van der Waals surface area (Å²) in [7, 11) is 0. The number of Topliss-reactive ketones (excluding diaryl/α,β-unsaturated/α-hetero) is 1. The molecule has 2 aromatic rings. The maximum absolute atomic E-state index is 12.6. The number of carbonyl (C=O) groups is 1. The van der Waals surface area contributed by atoms with E-state index in [9.17, 15) is 9.90 Å². The quantitative estimate of drug-likeness (QED) is 0.776. The summed E-state index contributed by atoms with van der Waals surface area (Å²) in [6, 6.07) is 14.6.